The monoisotopic (exact) mass is 417 g/mol. The van der Waals surface area contributed by atoms with Gasteiger partial charge in [0.05, 0.1) is 0 Å². The van der Waals surface area contributed by atoms with Crippen LogP contribution in [0.4, 0.5) is 26.3 Å². The number of carbonyl (C=O) groups excluding carboxylic acids is 1. The summed E-state index contributed by atoms with van der Waals surface area (Å²) in [6.07, 6.45) is -4.39. The Bertz CT molecular complexity index is 896. The molecule has 0 bridgehead atoms. The Morgan fingerprint density at radius 3 is 2.21 bits per heavy atom. The van der Waals surface area contributed by atoms with E-state index < -0.39 is 41.5 Å². The van der Waals surface area contributed by atoms with Gasteiger partial charge in [0, 0.05) is 12.1 Å². The summed E-state index contributed by atoms with van der Waals surface area (Å²) in [5.41, 5.74) is -4.45. The van der Waals surface area contributed by atoms with Gasteiger partial charge in [-0.25, -0.2) is 4.39 Å². The van der Waals surface area contributed by atoms with Gasteiger partial charge in [0.2, 0.25) is 5.60 Å². The lowest BCUT2D eigenvalue weighted by molar-refractivity contribution is -0.337. The molecule has 1 saturated carbocycles. The molecule has 0 radical (unpaired) electrons. The van der Waals surface area contributed by atoms with Gasteiger partial charge in [0.1, 0.15) is 5.82 Å². The maximum atomic E-state index is 14.2. The molecule has 1 aliphatic rings. The summed E-state index contributed by atoms with van der Waals surface area (Å²) in [6.45, 7) is -0.658. The predicted molar refractivity (Wildman–Crippen MR) is 91.6 cm³/mol. The summed E-state index contributed by atoms with van der Waals surface area (Å²) in [4.78, 5) is 12.4. The molecule has 9 heteroatoms. The minimum atomic E-state index is -6.20. The number of hydrogen-bond acceptors (Lipinski definition) is 2. The molecular weight excluding hydrogens is 400 g/mol. The molecule has 0 saturated heterocycles. The van der Waals surface area contributed by atoms with Crippen LogP contribution in [0.2, 0.25) is 0 Å². The van der Waals surface area contributed by atoms with Crippen molar-refractivity contribution in [3.8, 4) is 0 Å². The Labute approximate surface area is 162 Å². The van der Waals surface area contributed by atoms with Crippen molar-refractivity contribution in [2.75, 3.05) is 0 Å². The van der Waals surface area contributed by atoms with Gasteiger partial charge >= 0.3 is 12.1 Å². The second-order valence-corrected chi connectivity index (χ2v) is 6.96. The Hall–Kier alpha value is -2.55. The molecule has 156 valence electrons. The van der Waals surface area contributed by atoms with Crippen LogP contribution in [0.15, 0.2) is 48.5 Å². The summed E-state index contributed by atoms with van der Waals surface area (Å²) < 4.78 is 81.4. The average Bonchev–Trinajstić information content (AvgIpc) is 3.51. The zero-order valence-corrected chi connectivity index (χ0v) is 14.9. The molecule has 1 amide bonds. The lowest BCUT2D eigenvalue weighted by Crippen LogP contribution is -2.62. The smallest absolute Gasteiger partial charge is 0.370 e. The van der Waals surface area contributed by atoms with Gasteiger partial charge in [0.15, 0.2) is 0 Å². The van der Waals surface area contributed by atoms with E-state index in [-0.39, 0.29) is 11.5 Å². The molecule has 1 fully saturated rings. The van der Waals surface area contributed by atoms with Crippen LogP contribution in [0, 0.1) is 5.82 Å². The van der Waals surface area contributed by atoms with Gasteiger partial charge in [-0.2, -0.15) is 22.0 Å². The standard InChI is InChI=1S/C20H17F6NO2/c21-16-9-8-13(12-6-7-12)10-14(16)11-27-17(28)18(29,15-4-2-1-3-5-15)19(22,23)20(24,25)26/h1-5,8-10,12,29H,6-7,11H2,(H,27,28)/t18-/m0/s1. The van der Waals surface area contributed by atoms with Crippen molar-refractivity contribution < 1.29 is 36.2 Å². The fraction of sp³-hybridized carbons (Fsp3) is 0.350. The van der Waals surface area contributed by atoms with E-state index in [9.17, 15) is 36.2 Å². The number of nitrogens with one attached hydrogen (secondary N) is 1. The van der Waals surface area contributed by atoms with Crippen LogP contribution in [0.5, 0.6) is 0 Å². The predicted octanol–water partition coefficient (Wildman–Crippen LogP) is 4.40. The highest BCUT2D eigenvalue weighted by Crippen LogP contribution is 2.48. The Kier molecular flexibility index (Phi) is 5.38. The second-order valence-electron chi connectivity index (χ2n) is 6.96. The highest BCUT2D eigenvalue weighted by molar-refractivity contribution is 5.87. The number of carbonyl (C=O) groups is 1. The van der Waals surface area contributed by atoms with E-state index in [2.05, 4.69) is 0 Å². The van der Waals surface area contributed by atoms with Gasteiger partial charge in [-0.3, -0.25) is 4.79 Å². The number of alkyl halides is 5. The highest BCUT2D eigenvalue weighted by Gasteiger charge is 2.73. The third-order valence-corrected chi connectivity index (χ3v) is 4.89. The number of benzene rings is 2. The first-order valence-corrected chi connectivity index (χ1v) is 8.77. The van der Waals surface area contributed by atoms with Crippen LogP contribution in [-0.2, 0) is 16.9 Å². The molecule has 2 N–H and O–H groups in total. The molecule has 0 heterocycles. The second kappa shape index (κ2) is 7.37. The highest BCUT2D eigenvalue weighted by atomic mass is 19.4. The van der Waals surface area contributed by atoms with E-state index in [1.165, 1.54) is 12.1 Å². The number of rotatable bonds is 6. The van der Waals surface area contributed by atoms with Crippen LogP contribution < -0.4 is 5.32 Å². The van der Waals surface area contributed by atoms with Crippen LogP contribution in [0.3, 0.4) is 0 Å². The third kappa shape index (κ3) is 3.83. The first-order valence-electron chi connectivity index (χ1n) is 8.77. The molecule has 2 aromatic rings. The van der Waals surface area contributed by atoms with Crippen LogP contribution in [-0.4, -0.2) is 23.1 Å². The molecular formula is C20H17F6NO2. The molecule has 0 unspecified atom stereocenters. The van der Waals surface area contributed by atoms with Crippen LogP contribution in [0.1, 0.15) is 35.4 Å². The maximum Gasteiger partial charge on any atom is 0.457 e. The lowest BCUT2D eigenvalue weighted by atomic mass is 9.85. The SMILES string of the molecule is O=C(NCc1cc(C2CC2)ccc1F)[C@@](O)(c1ccccc1)C(F)(F)C(F)(F)F. The van der Waals surface area contributed by atoms with Gasteiger partial charge in [-0.05, 0) is 36.0 Å². The molecule has 0 aromatic heterocycles. The van der Waals surface area contributed by atoms with Crippen molar-refractivity contribution in [2.24, 2.45) is 0 Å². The molecule has 29 heavy (non-hydrogen) atoms. The van der Waals surface area contributed by atoms with Crippen molar-refractivity contribution in [2.45, 2.75) is 43.0 Å². The minimum Gasteiger partial charge on any atom is -0.370 e. The molecule has 3 nitrogen and oxygen atoms in total. The van der Waals surface area contributed by atoms with Crippen molar-refractivity contribution in [3.63, 3.8) is 0 Å². The van der Waals surface area contributed by atoms with E-state index in [0.29, 0.717) is 0 Å². The van der Waals surface area contributed by atoms with Gasteiger partial charge in [-0.15, -0.1) is 0 Å². The number of amides is 1. The minimum absolute atomic E-state index is 0.0755. The largest absolute Gasteiger partial charge is 0.457 e. The first-order chi connectivity index (χ1) is 13.5. The van der Waals surface area contributed by atoms with Crippen LogP contribution >= 0.6 is 0 Å². The zero-order valence-electron chi connectivity index (χ0n) is 14.9. The maximum absolute atomic E-state index is 14.2. The van der Waals surface area contributed by atoms with Crippen molar-refractivity contribution in [1.82, 2.24) is 5.32 Å². The summed E-state index contributed by atoms with van der Waals surface area (Å²) >= 11 is 0. The topological polar surface area (TPSA) is 49.3 Å². The number of hydrogen-bond donors (Lipinski definition) is 2. The first kappa shape index (κ1) is 21.2. The summed E-state index contributed by atoms with van der Waals surface area (Å²) in [6, 6.07) is 9.24. The normalized spacial score (nSPS) is 16.9. The van der Waals surface area contributed by atoms with Gasteiger partial charge < -0.3 is 10.4 Å². The average molecular weight is 417 g/mol. The van der Waals surface area contributed by atoms with E-state index in [1.54, 1.807) is 6.07 Å². The van der Waals surface area contributed by atoms with Crippen molar-refractivity contribution in [3.05, 3.63) is 71.0 Å². The Morgan fingerprint density at radius 2 is 1.66 bits per heavy atom. The fourth-order valence-electron chi connectivity index (χ4n) is 3.04. The summed E-state index contributed by atoms with van der Waals surface area (Å²) in [5.74, 6) is -8.29. The van der Waals surface area contributed by atoms with Crippen molar-refractivity contribution in [1.29, 1.82) is 0 Å². The number of halogens is 6. The van der Waals surface area contributed by atoms with Gasteiger partial charge in [0.25, 0.3) is 5.91 Å². The Balaban J connectivity index is 1.91. The third-order valence-electron chi connectivity index (χ3n) is 4.89. The molecule has 2 aromatic carbocycles. The van der Waals surface area contributed by atoms with E-state index in [4.69, 9.17) is 0 Å². The quantitative estimate of drug-likeness (QED) is 0.685. The molecule has 3 rings (SSSR count). The van der Waals surface area contributed by atoms with Gasteiger partial charge in [-0.1, -0.05) is 42.5 Å². The summed E-state index contributed by atoms with van der Waals surface area (Å²) in [5, 5.41) is 12.2. The van der Waals surface area contributed by atoms with Crippen LogP contribution in [0.25, 0.3) is 0 Å². The fourth-order valence-corrected chi connectivity index (χ4v) is 3.04. The molecule has 0 spiro atoms. The Morgan fingerprint density at radius 1 is 1.03 bits per heavy atom. The van der Waals surface area contributed by atoms with E-state index in [0.717, 1.165) is 48.7 Å². The lowest BCUT2D eigenvalue weighted by Gasteiger charge is -2.35. The zero-order chi connectivity index (χ0) is 21.4. The number of aliphatic hydroxyl groups is 1. The molecule has 1 aliphatic carbocycles. The van der Waals surface area contributed by atoms with Crippen molar-refractivity contribution >= 4 is 5.91 Å². The molecule has 0 aliphatic heterocycles. The molecule has 1 atom stereocenters. The van der Waals surface area contributed by atoms with E-state index in [1.807, 2.05) is 5.32 Å². The van der Waals surface area contributed by atoms with E-state index >= 15 is 0 Å². The summed E-state index contributed by atoms with van der Waals surface area (Å²) in [7, 11) is 0.